The van der Waals surface area contributed by atoms with E-state index < -0.39 is 11.8 Å². The van der Waals surface area contributed by atoms with Gasteiger partial charge in [-0.3, -0.25) is 19.3 Å². The van der Waals surface area contributed by atoms with Crippen molar-refractivity contribution in [2.75, 3.05) is 25.1 Å². The number of hydrogen-bond donors (Lipinski definition) is 1. The van der Waals surface area contributed by atoms with E-state index in [1.165, 1.54) is 12.1 Å². The third kappa shape index (κ3) is 3.33. The predicted molar refractivity (Wildman–Crippen MR) is 97.5 cm³/mol. The molecule has 138 valence electrons. The number of rotatable bonds is 4. The summed E-state index contributed by atoms with van der Waals surface area (Å²) < 4.78 is 10.9. The van der Waals surface area contributed by atoms with E-state index in [4.69, 9.17) is 21.1 Å². The van der Waals surface area contributed by atoms with Crippen molar-refractivity contribution in [2.45, 2.75) is 6.42 Å². The molecule has 8 heteroatoms. The van der Waals surface area contributed by atoms with Crippen molar-refractivity contribution in [3.05, 3.63) is 52.5 Å². The lowest BCUT2D eigenvalue weighted by molar-refractivity contribution is -0.116. The Kier molecular flexibility index (Phi) is 4.45. The van der Waals surface area contributed by atoms with Crippen LogP contribution in [0.25, 0.3) is 0 Å². The van der Waals surface area contributed by atoms with Crippen LogP contribution in [-0.2, 0) is 4.79 Å². The Morgan fingerprint density at radius 2 is 1.74 bits per heavy atom. The Morgan fingerprint density at radius 1 is 1.00 bits per heavy atom. The standard InChI is InChI=1S/C19H15ClN2O5/c20-11-1-3-13-14(9-11)19(25)22(18(13)24)6-5-17(23)21-12-2-4-15-16(10-12)27-8-7-26-15/h1-4,9-10H,5-8H2,(H,21,23). The van der Waals surface area contributed by atoms with Gasteiger partial charge in [0.05, 0.1) is 11.1 Å². The molecule has 0 saturated heterocycles. The molecule has 2 aromatic rings. The first kappa shape index (κ1) is 17.4. The monoisotopic (exact) mass is 386 g/mol. The molecule has 2 aliphatic rings. The molecule has 2 aliphatic heterocycles. The van der Waals surface area contributed by atoms with Crippen LogP contribution in [0.2, 0.25) is 5.02 Å². The summed E-state index contributed by atoms with van der Waals surface area (Å²) in [5.74, 6) is 0.0184. The number of nitrogens with one attached hydrogen (secondary N) is 1. The third-order valence-corrected chi connectivity index (χ3v) is 4.56. The van der Waals surface area contributed by atoms with Gasteiger partial charge in [0.1, 0.15) is 13.2 Å². The lowest BCUT2D eigenvalue weighted by Gasteiger charge is -2.19. The third-order valence-electron chi connectivity index (χ3n) is 4.32. The minimum Gasteiger partial charge on any atom is -0.486 e. The lowest BCUT2D eigenvalue weighted by atomic mass is 10.1. The predicted octanol–water partition coefficient (Wildman–Crippen LogP) is 2.74. The average molecular weight is 387 g/mol. The number of imide groups is 1. The zero-order valence-corrected chi connectivity index (χ0v) is 14.9. The van der Waals surface area contributed by atoms with E-state index in [0.29, 0.717) is 41.0 Å². The molecule has 2 aromatic carbocycles. The van der Waals surface area contributed by atoms with Crippen molar-refractivity contribution in [2.24, 2.45) is 0 Å². The van der Waals surface area contributed by atoms with Crippen LogP contribution in [0.5, 0.6) is 11.5 Å². The zero-order chi connectivity index (χ0) is 19.0. The highest BCUT2D eigenvalue weighted by molar-refractivity contribution is 6.32. The first-order chi connectivity index (χ1) is 13.0. The van der Waals surface area contributed by atoms with Gasteiger partial charge in [-0.25, -0.2) is 0 Å². The van der Waals surface area contributed by atoms with E-state index in [1.54, 1.807) is 24.3 Å². The first-order valence-electron chi connectivity index (χ1n) is 8.38. The lowest BCUT2D eigenvalue weighted by Crippen LogP contribution is -2.32. The second-order valence-electron chi connectivity index (χ2n) is 6.11. The van der Waals surface area contributed by atoms with Crippen LogP contribution in [0.4, 0.5) is 5.69 Å². The van der Waals surface area contributed by atoms with Crippen molar-refractivity contribution in [3.8, 4) is 11.5 Å². The summed E-state index contributed by atoms with van der Waals surface area (Å²) in [7, 11) is 0. The summed E-state index contributed by atoms with van der Waals surface area (Å²) in [6.07, 6.45) is -0.0202. The molecule has 0 atom stereocenters. The van der Waals surface area contributed by atoms with Crippen LogP contribution >= 0.6 is 11.6 Å². The summed E-state index contributed by atoms with van der Waals surface area (Å²) >= 11 is 5.89. The Hall–Kier alpha value is -3.06. The fraction of sp³-hybridized carbons (Fsp3) is 0.211. The van der Waals surface area contributed by atoms with E-state index in [-0.39, 0.29) is 24.4 Å². The largest absolute Gasteiger partial charge is 0.486 e. The van der Waals surface area contributed by atoms with Crippen molar-refractivity contribution >= 4 is 35.0 Å². The molecular weight excluding hydrogens is 372 g/mol. The van der Waals surface area contributed by atoms with Crippen LogP contribution in [0.3, 0.4) is 0 Å². The van der Waals surface area contributed by atoms with Crippen LogP contribution < -0.4 is 14.8 Å². The smallest absolute Gasteiger partial charge is 0.261 e. The van der Waals surface area contributed by atoms with Gasteiger partial charge in [0.2, 0.25) is 5.91 Å². The number of benzene rings is 2. The summed E-state index contributed by atoms with van der Waals surface area (Å²) in [4.78, 5) is 38.0. The van der Waals surface area contributed by atoms with Crippen LogP contribution in [0.15, 0.2) is 36.4 Å². The summed E-state index contributed by atoms with van der Waals surface area (Å²) in [5.41, 5.74) is 1.12. The van der Waals surface area contributed by atoms with Gasteiger partial charge >= 0.3 is 0 Å². The Bertz CT molecular complexity index is 959. The van der Waals surface area contributed by atoms with Gasteiger partial charge in [0.25, 0.3) is 11.8 Å². The number of carbonyl (C=O) groups excluding carboxylic acids is 3. The number of halogens is 1. The van der Waals surface area contributed by atoms with E-state index >= 15 is 0 Å². The molecule has 0 bridgehead atoms. The molecule has 0 fully saturated rings. The fourth-order valence-electron chi connectivity index (χ4n) is 3.02. The molecular formula is C19H15ClN2O5. The molecule has 4 rings (SSSR count). The minimum atomic E-state index is -0.440. The van der Waals surface area contributed by atoms with Gasteiger partial charge in [0.15, 0.2) is 11.5 Å². The van der Waals surface area contributed by atoms with E-state index in [9.17, 15) is 14.4 Å². The number of ether oxygens (including phenoxy) is 2. The van der Waals surface area contributed by atoms with Gasteiger partial charge in [-0.15, -0.1) is 0 Å². The summed E-state index contributed by atoms with van der Waals surface area (Å²) in [6.45, 7) is 0.929. The maximum absolute atomic E-state index is 12.4. The number of carbonyl (C=O) groups is 3. The first-order valence-corrected chi connectivity index (χ1v) is 8.76. The van der Waals surface area contributed by atoms with Crippen molar-refractivity contribution in [1.82, 2.24) is 4.90 Å². The highest BCUT2D eigenvalue weighted by Gasteiger charge is 2.35. The van der Waals surface area contributed by atoms with Crippen LogP contribution in [0, 0.1) is 0 Å². The number of hydrogen-bond acceptors (Lipinski definition) is 5. The molecule has 0 aromatic heterocycles. The second kappa shape index (κ2) is 6.92. The van der Waals surface area contributed by atoms with Gasteiger partial charge < -0.3 is 14.8 Å². The van der Waals surface area contributed by atoms with Crippen molar-refractivity contribution in [1.29, 1.82) is 0 Å². The molecule has 0 unspecified atom stereocenters. The molecule has 0 spiro atoms. The SMILES string of the molecule is O=C(CCN1C(=O)c2ccc(Cl)cc2C1=O)Nc1ccc2c(c1)OCCO2. The maximum atomic E-state index is 12.4. The van der Waals surface area contributed by atoms with Crippen LogP contribution in [-0.4, -0.2) is 42.4 Å². The molecule has 0 aliphatic carbocycles. The average Bonchev–Trinajstić information content (AvgIpc) is 2.90. The number of amides is 3. The molecule has 7 nitrogen and oxygen atoms in total. The highest BCUT2D eigenvalue weighted by atomic mass is 35.5. The van der Waals surface area contributed by atoms with Crippen molar-refractivity contribution in [3.63, 3.8) is 0 Å². The minimum absolute atomic E-state index is 0.0135. The van der Waals surface area contributed by atoms with Gasteiger partial charge in [-0.1, -0.05) is 11.6 Å². The highest BCUT2D eigenvalue weighted by Crippen LogP contribution is 2.32. The Labute approximate surface area is 159 Å². The Morgan fingerprint density at radius 3 is 2.56 bits per heavy atom. The quantitative estimate of drug-likeness (QED) is 0.817. The van der Waals surface area contributed by atoms with Gasteiger partial charge in [0, 0.05) is 29.7 Å². The number of fused-ring (bicyclic) bond motifs is 2. The van der Waals surface area contributed by atoms with E-state index in [1.807, 2.05) is 0 Å². The normalized spacial score (nSPS) is 14.9. The molecule has 2 heterocycles. The van der Waals surface area contributed by atoms with Gasteiger partial charge in [-0.2, -0.15) is 0 Å². The molecule has 0 radical (unpaired) electrons. The van der Waals surface area contributed by atoms with E-state index in [2.05, 4.69) is 5.32 Å². The fourth-order valence-corrected chi connectivity index (χ4v) is 3.20. The van der Waals surface area contributed by atoms with E-state index in [0.717, 1.165) is 4.90 Å². The molecule has 1 N–H and O–H groups in total. The number of nitrogens with zero attached hydrogens (tertiary/aromatic N) is 1. The number of anilines is 1. The van der Waals surface area contributed by atoms with Crippen molar-refractivity contribution < 1.29 is 23.9 Å². The van der Waals surface area contributed by atoms with Crippen LogP contribution in [0.1, 0.15) is 27.1 Å². The maximum Gasteiger partial charge on any atom is 0.261 e. The summed E-state index contributed by atoms with van der Waals surface area (Å²) in [5, 5.41) is 3.11. The Balaban J connectivity index is 1.39. The molecule has 27 heavy (non-hydrogen) atoms. The molecule has 3 amide bonds. The van der Waals surface area contributed by atoms with Gasteiger partial charge in [-0.05, 0) is 30.3 Å². The summed E-state index contributed by atoms with van der Waals surface area (Å²) in [6, 6.07) is 9.65. The molecule has 0 saturated carbocycles. The topological polar surface area (TPSA) is 84.9 Å². The second-order valence-corrected chi connectivity index (χ2v) is 6.54. The zero-order valence-electron chi connectivity index (χ0n) is 14.2.